The summed E-state index contributed by atoms with van der Waals surface area (Å²) in [5.74, 6) is 0.177. The highest BCUT2D eigenvalue weighted by atomic mass is 16.5. The molecule has 164 valence electrons. The Kier molecular flexibility index (Phi) is 5.95. The first-order chi connectivity index (χ1) is 15.4. The first-order valence-electron chi connectivity index (χ1n) is 10.9. The third-order valence-corrected chi connectivity index (χ3v) is 5.56. The number of carbonyl (C=O) groups is 1. The van der Waals surface area contributed by atoms with Crippen LogP contribution in [0.2, 0.25) is 0 Å². The van der Waals surface area contributed by atoms with Gasteiger partial charge in [0.05, 0.1) is 11.1 Å². The molecule has 2 heterocycles. The van der Waals surface area contributed by atoms with E-state index in [9.17, 15) is 4.79 Å². The Morgan fingerprint density at radius 3 is 2.56 bits per heavy atom. The summed E-state index contributed by atoms with van der Waals surface area (Å²) in [5.41, 5.74) is 6.59. The number of aromatic nitrogens is 3. The largest absolute Gasteiger partial charge is 0.464 e. The summed E-state index contributed by atoms with van der Waals surface area (Å²) < 4.78 is 7.90. The number of hydrogen-bond donors (Lipinski definition) is 1. The van der Waals surface area contributed by atoms with Gasteiger partial charge in [-0.25, -0.2) is 4.68 Å². The number of fused-ring (bicyclic) bond motifs is 1. The molecule has 4 rings (SSSR count). The summed E-state index contributed by atoms with van der Waals surface area (Å²) >= 11 is 0. The molecule has 0 aliphatic carbocycles. The average Bonchev–Trinajstić information content (AvgIpc) is 3.11. The number of pyridine rings is 1. The number of nitrogens with one attached hydrogen (secondary N) is 1. The van der Waals surface area contributed by atoms with Crippen LogP contribution < -0.4 is 10.1 Å². The highest BCUT2D eigenvalue weighted by molar-refractivity contribution is 5.96. The summed E-state index contributed by atoms with van der Waals surface area (Å²) in [6, 6.07) is 18.0. The van der Waals surface area contributed by atoms with Crippen molar-refractivity contribution in [1.29, 1.82) is 0 Å². The zero-order valence-corrected chi connectivity index (χ0v) is 19.1. The molecule has 1 atom stereocenters. The average molecular weight is 429 g/mol. The third kappa shape index (κ3) is 4.21. The van der Waals surface area contributed by atoms with Crippen molar-refractivity contribution >= 4 is 22.6 Å². The van der Waals surface area contributed by atoms with Gasteiger partial charge < -0.3 is 10.1 Å². The Balaban J connectivity index is 1.68. The number of ether oxygens (including phenoxy) is 1. The smallest absolute Gasteiger partial charge is 0.265 e. The van der Waals surface area contributed by atoms with E-state index >= 15 is 0 Å². The number of carbonyl (C=O) groups excluding carboxylic acids is 1. The lowest BCUT2D eigenvalue weighted by Crippen LogP contribution is -2.30. The normalized spacial score (nSPS) is 12.0. The van der Waals surface area contributed by atoms with E-state index in [1.165, 1.54) is 0 Å². The molecule has 1 amide bonds. The highest BCUT2D eigenvalue weighted by Gasteiger charge is 2.20. The molecular weight excluding hydrogens is 400 g/mol. The number of aryl methyl sites for hydroxylation is 4. The van der Waals surface area contributed by atoms with Crippen molar-refractivity contribution in [2.24, 2.45) is 0 Å². The van der Waals surface area contributed by atoms with E-state index in [4.69, 9.17) is 9.72 Å². The molecule has 4 aromatic rings. The second-order valence-electron chi connectivity index (χ2n) is 8.04. The Morgan fingerprint density at radius 1 is 1.09 bits per heavy atom. The van der Waals surface area contributed by atoms with Crippen LogP contribution in [0.25, 0.3) is 22.2 Å². The number of amides is 1. The summed E-state index contributed by atoms with van der Waals surface area (Å²) in [7, 11) is 0. The standard InChI is InChI=1S/C26H28N4O2/c1-6-30-25-24(18(4)29-30)21(20-10-8-7-9-11-20)15-23(28-25)32-19(5)26(31)27-22-14-16(2)12-13-17(22)3/h7-15,19H,6H2,1-5H3,(H,27,31). The van der Waals surface area contributed by atoms with Crippen LogP contribution in [-0.4, -0.2) is 26.8 Å². The molecule has 2 aromatic heterocycles. The molecule has 0 saturated carbocycles. The predicted octanol–water partition coefficient (Wildman–Crippen LogP) is 5.45. The molecular formula is C26H28N4O2. The monoisotopic (exact) mass is 428 g/mol. The topological polar surface area (TPSA) is 69.0 Å². The fraction of sp³-hybridized carbons (Fsp3) is 0.269. The van der Waals surface area contributed by atoms with E-state index in [1.54, 1.807) is 6.92 Å². The van der Waals surface area contributed by atoms with Gasteiger partial charge in [-0.3, -0.25) is 4.79 Å². The van der Waals surface area contributed by atoms with Crippen LogP contribution in [0, 0.1) is 20.8 Å². The maximum Gasteiger partial charge on any atom is 0.265 e. The highest BCUT2D eigenvalue weighted by Crippen LogP contribution is 2.33. The van der Waals surface area contributed by atoms with Gasteiger partial charge in [-0.05, 0) is 62.9 Å². The van der Waals surface area contributed by atoms with E-state index in [0.717, 1.165) is 44.7 Å². The van der Waals surface area contributed by atoms with Crippen molar-refractivity contribution in [1.82, 2.24) is 14.8 Å². The molecule has 32 heavy (non-hydrogen) atoms. The zero-order valence-electron chi connectivity index (χ0n) is 19.1. The molecule has 1 N–H and O–H groups in total. The second-order valence-corrected chi connectivity index (χ2v) is 8.04. The van der Waals surface area contributed by atoms with Gasteiger partial charge in [0.2, 0.25) is 5.88 Å². The molecule has 6 nitrogen and oxygen atoms in total. The lowest BCUT2D eigenvalue weighted by Gasteiger charge is -2.16. The zero-order chi connectivity index (χ0) is 22.8. The molecule has 0 radical (unpaired) electrons. The van der Waals surface area contributed by atoms with E-state index in [1.807, 2.05) is 74.8 Å². The maximum atomic E-state index is 12.8. The molecule has 0 spiro atoms. The number of anilines is 1. The van der Waals surface area contributed by atoms with E-state index < -0.39 is 6.10 Å². The van der Waals surface area contributed by atoms with Crippen LogP contribution in [-0.2, 0) is 11.3 Å². The Hall–Kier alpha value is -3.67. The number of nitrogens with zero attached hydrogens (tertiary/aromatic N) is 3. The fourth-order valence-corrected chi connectivity index (χ4v) is 3.80. The molecule has 0 aliphatic heterocycles. The van der Waals surface area contributed by atoms with Gasteiger partial charge in [-0.1, -0.05) is 42.5 Å². The van der Waals surface area contributed by atoms with Crippen molar-refractivity contribution < 1.29 is 9.53 Å². The minimum atomic E-state index is -0.720. The molecule has 2 aromatic carbocycles. The van der Waals surface area contributed by atoms with E-state index in [0.29, 0.717) is 12.4 Å². The van der Waals surface area contributed by atoms with Crippen molar-refractivity contribution in [2.45, 2.75) is 47.3 Å². The summed E-state index contributed by atoms with van der Waals surface area (Å²) in [6.07, 6.45) is -0.720. The van der Waals surface area contributed by atoms with Crippen LogP contribution in [0.3, 0.4) is 0 Å². The summed E-state index contributed by atoms with van der Waals surface area (Å²) in [5, 5.41) is 8.61. The molecule has 0 fully saturated rings. The van der Waals surface area contributed by atoms with E-state index in [-0.39, 0.29) is 5.91 Å². The number of rotatable bonds is 6. The number of benzene rings is 2. The number of hydrogen-bond acceptors (Lipinski definition) is 4. The van der Waals surface area contributed by atoms with Gasteiger partial charge >= 0.3 is 0 Å². The van der Waals surface area contributed by atoms with Crippen molar-refractivity contribution in [3.05, 3.63) is 71.4 Å². The molecule has 0 aliphatic rings. The minimum absolute atomic E-state index is 0.220. The lowest BCUT2D eigenvalue weighted by molar-refractivity contribution is -0.122. The summed E-state index contributed by atoms with van der Waals surface area (Å²) in [6.45, 7) is 10.4. The summed E-state index contributed by atoms with van der Waals surface area (Å²) in [4.78, 5) is 17.6. The first-order valence-corrected chi connectivity index (χ1v) is 10.9. The van der Waals surface area contributed by atoms with Crippen LogP contribution in [0.4, 0.5) is 5.69 Å². The molecule has 0 saturated heterocycles. The van der Waals surface area contributed by atoms with Gasteiger partial charge in [-0.2, -0.15) is 10.1 Å². The molecule has 1 unspecified atom stereocenters. The van der Waals surface area contributed by atoms with Crippen molar-refractivity contribution in [2.75, 3.05) is 5.32 Å². The van der Waals surface area contributed by atoms with Gasteiger partial charge in [0.15, 0.2) is 11.8 Å². The van der Waals surface area contributed by atoms with Crippen molar-refractivity contribution in [3.8, 4) is 17.0 Å². The van der Waals surface area contributed by atoms with Gasteiger partial charge in [0.25, 0.3) is 5.91 Å². The van der Waals surface area contributed by atoms with Crippen LogP contribution in [0.15, 0.2) is 54.6 Å². The lowest BCUT2D eigenvalue weighted by atomic mass is 10.0. The van der Waals surface area contributed by atoms with Crippen LogP contribution in [0.1, 0.15) is 30.7 Å². The third-order valence-electron chi connectivity index (χ3n) is 5.56. The Labute approximate surface area is 188 Å². The van der Waals surface area contributed by atoms with Gasteiger partial charge in [-0.15, -0.1) is 0 Å². The quantitative estimate of drug-likeness (QED) is 0.443. The SMILES string of the molecule is CCn1nc(C)c2c(-c3ccccc3)cc(OC(C)C(=O)Nc3cc(C)ccc3C)nc21. The maximum absolute atomic E-state index is 12.8. The van der Waals surface area contributed by atoms with Gasteiger partial charge in [0.1, 0.15) is 0 Å². The minimum Gasteiger partial charge on any atom is -0.464 e. The Bertz CT molecular complexity index is 1280. The van der Waals surface area contributed by atoms with Crippen LogP contribution in [0.5, 0.6) is 5.88 Å². The molecule has 6 heteroatoms. The molecule has 0 bridgehead atoms. The fourth-order valence-electron chi connectivity index (χ4n) is 3.80. The predicted molar refractivity (Wildman–Crippen MR) is 128 cm³/mol. The van der Waals surface area contributed by atoms with Crippen LogP contribution >= 0.6 is 0 Å². The Morgan fingerprint density at radius 2 is 1.84 bits per heavy atom. The van der Waals surface area contributed by atoms with Gasteiger partial charge in [0, 0.05) is 18.3 Å². The second kappa shape index (κ2) is 8.83. The van der Waals surface area contributed by atoms with Crippen molar-refractivity contribution in [3.63, 3.8) is 0 Å². The first kappa shape index (κ1) is 21.6. The van der Waals surface area contributed by atoms with E-state index in [2.05, 4.69) is 22.5 Å².